The topological polar surface area (TPSA) is 49.3 Å². The summed E-state index contributed by atoms with van der Waals surface area (Å²) in [4.78, 5) is 11.4. The second-order valence-electron chi connectivity index (χ2n) is 4.85. The highest BCUT2D eigenvalue weighted by molar-refractivity contribution is 5.84. The number of benzene rings is 1. The average molecular weight is 275 g/mol. The monoisotopic (exact) mass is 275 g/mol. The van der Waals surface area contributed by atoms with Gasteiger partial charge in [-0.25, -0.2) is 13.2 Å². The summed E-state index contributed by atoms with van der Waals surface area (Å²) in [5, 5.41) is 12.2. The second kappa shape index (κ2) is 5.61. The molecule has 1 aromatic rings. The molecule has 0 bridgehead atoms. The maximum absolute atomic E-state index is 13.3. The van der Waals surface area contributed by atoms with E-state index in [1.807, 2.05) is 0 Å². The third kappa shape index (κ3) is 3.96. The van der Waals surface area contributed by atoms with Gasteiger partial charge in [-0.15, -0.1) is 0 Å². The number of hydrogen-bond donors (Lipinski definition) is 2. The Morgan fingerprint density at radius 1 is 1.32 bits per heavy atom. The number of nitrogens with one attached hydrogen (secondary N) is 1. The first-order valence-corrected chi connectivity index (χ1v) is 5.76. The molecule has 0 aliphatic rings. The molecule has 0 aromatic heterocycles. The van der Waals surface area contributed by atoms with Crippen molar-refractivity contribution in [3.8, 4) is 0 Å². The summed E-state index contributed by atoms with van der Waals surface area (Å²) >= 11 is 0. The molecular weight excluding hydrogens is 259 g/mol. The molecule has 0 heterocycles. The van der Waals surface area contributed by atoms with Gasteiger partial charge in [-0.1, -0.05) is 6.07 Å². The molecule has 19 heavy (non-hydrogen) atoms. The minimum atomic E-state index is -2.08. The van der Waals surface area contributed by atoms with Gasteiger partial charge in [-0.05, 0) is 38.5 Å². The van der Waals surface area contributed by atoms with Crippen LogP contribution in [0.2, 0.25) is 0 Å². The van der Waals surface area contributed by atoms with E-state index < -0.39 is 35.4 Å². The van der Waals surface area contributed by atoms with Gasteiger partial charge in [0, 0.05) is 0 Å². The summed E-state index contributed by atoms with van der Waals surface area (Å²) in [7, 11) is 0. The zero-order chi connectivity index (χ0) is 14.8. The highest BCUT2D eigenvalue weighted by Crippen LogP contribution is 2.20. The van der Waals surface area contributed by atoms with E-state index in [1.54, 1.807) is 0 Å². The molecule has 6 heteroatoms. The first-order valence-electron chi connectivity index (χ1n) is 5.76. The van der Waals surface area contributed by atoms with Gasteiger partial charge in [0.1, 0.15) is 0 Å². The maximum atomic E-state index is 13.3. The van der Waals surface area contributed by atoms with Gasteiger partial charge in [-0.3, -0.25) is 4.79 Å². The van der Waals surface area contributed by atoms with Crippen LogP contribution in [0.3, 0.4) is 0 Å². The zero-order valence-corrected chi connectivity index (χ0v) is 10.9. The largest absolute Gasteiger partial charge is 0.386 e. The number of amides is 1. The summed E-state index contributed by atoms with van der Waals surface area (Å²) in [6.45, 7) is 3.60. The molecule has 1 aromatic carbocycles. The van der Waals surface area contributed by atoms with Crippen molar-refractivity contribution >= 4 is 5.91 Å². The Hall–Kier alpha value is -1.56. The first-order chi connectivity index (χ1) is 8.62. The minimum Gasteiger partial charge on any atom is -0.386 e. The van der Waals surface area contributed by atoms with E-state index in [-0.39, 0.29) is 5.56 Å². The lowest BCUT2D eigenvalue weighted by Gasteiger charge is -2.23. The molecule has 2 N–H and O–H groups in total. The van der Waals surface area contributed by atoms with Crippen LogP contribution in [0.5, 0.6) is 0 Å². The van der Waals surface area contributed by atoms with Crippen LogP contribution in [0.1, 0.15) is 32.4 Å². The number of alkyl halides is 1. The van der Waals surface area contributed by atoms with Crippen molar-refractivity contribution in [2.24, 2.45) is 0 Å². The average Bonchev–Trinajstić information content (AvgIpc) is 2.30. The molecular formula is C13H16F3NO2. The maximum Gasteiger partial charge on any atom is 0.257 e. The van der Waals surface area contributed by atoms with Crippen molar-refractivity contribution < 1.29 is 23.1 Å². The summed E-state index contributed by atoms with van der Waals surface area (Å²) in [6.07, 6.45) is -1.26. The Bertz CT molecular complexity index is 471. The molecule has 2 atom stereocenters. The Kier molecular flexibility index (Phi) is 4.57. The van der Waals surface area contributed by atoms with Crippen LogP contribution in [0.15, 0.2) is 18.2 Å². The molecule has 1 amide bonds. The van der Waals surface area contributed by atoms with E-state index >= 15 is 0 Å². The Morgan fingerprint density at radius 2 is 1.89 bits per heavy atom. The molecule has 2 unspecified atom stereocenters. The number of carbonyl (C=O) groups is 1. The minimum absolute atomic E-state index is 0.100. The molecule has 0 saturated carbocycles. The fourth-order valence-corrected chi connectivity index (χ4v) is 1.44. The zero-order valence-electron chi connectivity index (χ0n) is 10.9. The van der Waals surface area contributed by atoms with Gasteiger partial charge < -0.3 is 10.4 Å². The van der Waals surface area contributed by atoms with Crippen molar-refractivity contribution in [1.29, 1.82) is 0 Å². The van der Waals surface area contributed by atoms with E-state index in [2.05, 4.69) is 5.32 Å². The Balaban J connectivity index is 2.79. The van der Waals surface area contributed by atoms with Crippen LogP contribution >= 0.6 is 0 Å². The summed E-state index contributed by atoms with van der Waals surface area (Å²) in [5.74, 6) is -3.01. The van der Waals surface area contributed by atoms with Crippen LogP contribution in [-0.2, 0) is 4.79 Å². The molecule has 106 valence electrons. The number of carbonyl (C=O) groups excluding carboxylic acids is 1. The molecule has 0 spiro atoms. The molecule has 0 saturated heterocycles. The van der Waals surface area contributed by atoms with Crippen molar-refractivity contribution in [3.05, 3.63) is 35.4 Å². The molecule has 3 nitrogen and oxygen atoms in total. The first kappa shape index (κ1) is 15.5. The lowest BCUT2D eigenvalue weighted by Crippen LogP contribution is -2.45. The Morgan fingerprint density at radius 3 is 2.37 bits per heavy atom. The summed E-state index contributed by atoms with van der Waals surface area (Å²) in [5.41, 5.74) is -1.98. The van der Waals surface area contributed by atoms with E-state index in [0.29, 0.717) is 0 Å². The fourth-order valence-electron chi connectivity index (χ4n) is 1.44. The van der Waals surface area contributed by atoms with Gasteiger partial charge in [-0.2, -0.15) is 0 Å². The van der Waals surface area contributed by atoms with E-state index in [4.69, 9.17) is 0 Å². The van der Waals surface area contributed by atoms with Gasteiger partial charge in [0.2, 0.25) is 0 Å². The van der Waals surface area contributed by atoms with E-state index in [9.17, 15) is 23.1 Å². The lowest BCUT2D eigenvalue weighted by atomic mass is 10.0. The highest BCUT2D eigenvalue weighted by atomic mass is 19.2. The van der Waals surface area contributed by atoms with Crippen LogP contribution in [0.25, 0.3) is 0 Å². The molecule has 0 radical (unpaired) electrons. The van der Waals surface area contributed by atoms with E-state index in [1.165, 1.54) is 13.0 Å². The van der Waals surface area contributed by atoms with Crippen LogP contribution < -0.4 is 5.32 Å². The highest BCUT2D eigenvalue weighted by Gasteiger charge is 2.29. The van der Waals surface area contributed by atoms with Crippen molar-refractivity contribution in [2.75, 3.05) is 0 Å². The smallest absolute Gasteiger partial charge is 0.257 e. The molecule has 1 rings (SSSR count). The van der Waals surface area contributed by atoms with Crippen LogP contribution in [0.4, 0.5) is 13.2 Å². The lowest BCUT2D eigenvalue weighted by molar-refractivity contribution is -0.132. The fraction of sp³-hybridized carbons (Fsp3) is 0.462. The predicted octanol–water partition coefficient (Wildman–Crippen LogP) is 2.25. The summed E-state index contributed by atoms with van der Waals surface area (Å²) < 4.78 is 39.1. The molecule has 0 aliphatic carbocycles. The predicted molar refractivity (Wildman–Crippen MR) is 64.1 cm³/mol. The standard InChI is InChI=1S/C13H16F3NO2/c1-7(17-12(19)13(2,3)16)11(18)8-4-5-9(14)10(15)6-8/h4-7,11,18H,1-3H3,(H,17,19). The second-order valence-corrected chi connectivity index (χ2v) is 4.85. The summed E-state index contributed by atoms with van der Waals surface area (Å²) in [6, 6.07) is 2.07. The molecule has 0 fully saturated rings. The van der Waals surface area contributed by atoms with Gasteiger partial charge in [0.15, 0.2) is 17.3 Å². The van der Waals surface area contributed by atoms with Crippen LogP contribution in [0, 0.1) is 11.6 Å². The van der Waals surface area contributed by atoms with Gasteiger partial charge >= 0.3 is 0 Å². The van der Waals surface area contributed by atoms with Crippen LogP contribution in [-0.4, -0.2) is 22.7 Å². The quantitative estimate of drug-likeness (QED) is 0.885. The number of hydrogen-bond acceptors (Lipinski definition) is 2. The van der Waals surface area contributed by atoms with Gasteiger partial charge in [0.25, 0.3) is 5.91 Å². The normalized spacial score (nSPS) is 14.9. The van der Waals surface area contributed by atoms with Crippen molar-refractivity contribution in [3.63, 3.8) is 0 Å². The number of rotatable bonds is 4. The Labute approximate surface area is 109 Å². The number of aliphatic hydroxyl groups is 1. The van der Waals surface area contributed by atoms with Gasteiger partial charge in [0.05, 0.1) is 12.1 Å². The third-order valence-electron chi connectivity index (χ3n) is 2.66. The van der Waals surface area contributed by atoms with Crippen molar-refractivity contribution in [1.82, 2.24) is 5.32 Å². The van der Waals surface area contributed by atoms with E-state index in [0.717, 1.165) is 26.0 Å². The molecule has 0 aliphatic heterocycles. The number of halogens is 3. The third-order valence-corrected chi connectivity index (χ3v) is 2.66. The SMILES string of the molecule is CC(NC(=O)C(C)(C)F)C(O)c1ccc(F)c(F)c1. The van der Waals surface area contributed by atoms with Crippen molar-refractivity contribution in [2.45, 2.75) is 38.6 Å². The number of aliphatic hydroxyl groups excluding tert-OH is 1.